The van der Waals surface area contributed by atoms with Gasteiger partial charge in [0.1, 0.15) is 0 Å². The van der Waals surface area contributed by atoms with Gasteiger partial charge in [-0.25, -0.2) is 0 Å². The molecule has 1 aromatic carbocycles. The highest BCUT2D eigenvalue weighted by molar-refractivity contribution is 9.10. The molecular formula is C15H15BrClNS. The van der Waals surface area contributed by atoms with Crippen LogP contribution in [0, 0.1) is 5.92 Å². The predicted octanol–water partition coefficient (Wildman–Crippen LogP) is 5.50. The Morgan fingerprint density at radius 2 is 2.11 bits per heavy atom. The van der Waals surface area contributed by atoms with E-state index in [0.717, 1.165) is 15.4 Å². The van der Waals surface area contributed by atoms with Crippen molar-refractivity contribution in [1.29, 1.82) is 0 Å². The highest BCUT2D eigenvalue weighted by Crippen LogP contribution is 2.44. The molecule has 1 aliphatic carbocycles. The third-order valence-electron chi connectivity index (χ3n) is 3.54. The summed E-state index contributed by atoms with van der Waals surface area (Å²) in [4.78, 5) is 2.71. The Balaban J connectivity index is 1.89. The van der Waals surface area contributed by atoms with Crippen LogP contribution < -0.4 is 5.32 Å². The van der Waals surface area contributed by atoms with Gasteiger partial charge in [0.2, 0.25) is 0 Å². The molecule has 0 aliphatic heterocycles. The highest BCUT2D eigenvalue weighted by atomic mass is 79.9. The van der Waals surface area contributed by atoms with E-state index in [0.29, 0.717) is 6.04 Å². The van der Waals surface area contributed by atoms with Gasteiger partial charge in [0.05, 0.1) is 5.02 Å². The van der Waals surface area contributed by atoms with E-state index in [-0.39, 0.29) is 0 Å². The topological polar surface area (TPSA) is 12.0 Å². The van der Waals surface area contributed by atoms with Gasteiger partial charge in [-0.2, -0.15) is 0 Å². The molecule has 3 rings (SSSR count). The van der Waals surface area contributed by atoms with Gasteiger partial charge in [0, 0.05) is 20.3 Å². The molecule has 0 bridgehead atoms. The molecule has 1 nitrogen and oxygen atoms in total. The number of thiophene rings is 1. The van der Waals surface area contributed by atoms with E-state index in [4.69, 9.17) is 11.6 Å². The second-order valence-electron chi connectivity index (χ2n) is 4.93. The maximum atomic E-state index is 6.17. The number of benzene rings is 1. The Hall–Kier alpha value is -0.350. The second-order valence-corrected chi connectivity index (χ2v) is 7.31. The summed E-state index contributed by atoms with van der Waals surface area (Å²) in [6.07, 6.45) is 2.70. The molecular weight excluding hydrogens is 342 g/mol. The summed E-state index contributed by atoms with van der Waals surface area (Å²) in [6.45, 7) is 0. The van der Waals surface area contributed by atoms with Crippen LogP contribution in [0.4, 0.5) is 0 Å². The lowest BCUT2D eigenvalue weighted by Crippen LogP contribution is -2.16. The maximum absolute atomic E-state index is 6.17. The molecule has 0 saturated heterocycles. The largest absolute Gasteiger partial charge is 0.312 e. The maximum Gasteiger partial charge on any atom is 0.0554 e. The zero-order valence-corrected chi connectivity index (χ0v) is 13.8. The average Bonchev–Trinajstić information content (AvgIpc) is 3.11. The fraction of sp³-hybridized carbons (Fsp3) is 0.333. The van der Waals surface area contributed by atoms with Gasteiger partial charge in [-0.15, -0.1) is 11.3 Å². The van der Waals surface area contributed by atoms with E-state index in [1.165, 1.54) is 28.2 Å². The molecule has 0 spiro atoms. The van der Waals surface area contributed by atoms with Crippen LogP contribution in [0.25, 0.3) is 10.4 Å². The fourth-order valence-corrected chi connectivity index (χ4v) is 4.00. The van der Waals surface area contributed by atoms with Crippen molar-refractivity contribution in [3.8, 4) is 10.4 Å². The van der Waals surface area contributed by atoms with Crippen molar-refractivity contribution >= 4 is 38.9 Å². The van der Waals surface area contributed by atoms with Crippen LogP contribution in [0.3, 0.4) is 0 Å². The van der Waals surface area contributed by atoms with Crippen LogP contribution in [-0.4, -0.2) is 7.05 Å². The van der Waals surface area contributed by atoms with Crippen LogP contribution in [0.2, 0.25) is 5.02 Å². The lowest BCUT2D eigenvalue weighted by molar-refractivity contribution is 0.537. The molecule has 1 fully saturated rings. The monoisotopic (exact) mass is 355 g/mol. The molecule has 1 unspecified atom stereocenters. The SMILES string of the molecule is CNC(c1ccc(-c2ccc(Br)c(Cl)c2)s1)C1CC1. The smallest absolute Gasteiger partial charge is 0.0554 e. The highest BCUT2D eigenvalue weighted by Gasteiger charge is 2.32. The molecule has 1 saturated carbocycles. The first-order valence-electron chi connectivity index (χ1n) is 6.41. The zero-order valence-electron chi connectivity index (χ0n) is 10.6. The first kappa shape index (κ1) is 13.6. The summed E-state index contributed by atoms with van der Waals surface area (Å²) in [5.41, 5.74) is 1.19. The fourth-order valence-electron chi connectivity index (χ4n) is 2.36. The standard InChI is InChI=1S/C15H15BrClNS/c1-18-15(9-2-3-9)14-7-6-13(19-14)10-4-5-11(16)12(17)8-10/h4-9,15,18H,2-3H2,1H3. The summed E-state index contributed by atoms with van der Waals surface area (Å²) >= 11 is 11.5. The van der Waals surface area contributed by atoms with Crippen molar-refractivity contribution in [1.82, 2.24) is 5.32 Å². The van der Waals surface area contributed by atoms with Gasteiger partial charge in [0.25, 0.3) is 0 Å². The van der Waals surface area contributed by atoms with Crippen molar-refractivity contribution in [2.75, 3.05) is 7.05 Å². The number of rotatable bonds is 4. The molecule has 4 heteroatoms. The third kappa shape index (κ3) is 2.89. The number of halogens is 2. The van der Waals surface area contributed by atoms with Crippen molar-refractivity contribution in [3.05, 3.63) is 44.7 Å². The van der Waals surface area contributed by atoms with Gasteiger partial charge in [0.15, 0.2) is 0 Å². The first-order valence-corrected chi connectivity index (χ1v) is 8.40. The number of hydrogen-bond donors (Lipinski definition) is 1. The van der Waals surface area contributed by atoms with Crippen molar-refractivity contribution in [2.24, 2.45) is 5.92 Å². The quantitative estimate of drug-likeness (QED) is 0.762. The normalized spacial score (nSPS) is 16.6. The van der Waals surface area contributed by atoms with Crippen molar-refractivity contribution in [2.45, 2.75) is 18.9 Å². The Morgan fingerprint density at radius 1 is 1.32 bits per heavy atom. The van der Waals surface area contributed by atoms with E-state index in [1.807, 2.05) is 23.5 Å². The molecule has 2 aromatic rings. The molecule has 1 atom stereocenters. The van der Waals surface area contributed by atoms with Crippen LogP contribution in [-0.2, 0) is 0 Å². The molecule has 1 aliphatic rings. The molecule has 1 heterocycles. The van der Waals surface area contributed by atoms with Gasteiger partial charge < -0.3 is 5.32 Å². The molecule has 0 radical (unpaired) electrons. The summed E-state index contributed by atoms with van der Waals surface area (Å²) in [5.74, 6) is 0.824. The minimum atomic E-state index is 0.518. The number of hydrogen-bond acceptors (Lipinski definition) is 2. The molecule has 0 amide bonds. The predicted molar refractivity (Wildman–Crippen MR) is 87.0 cm³/mol. The Morgan fingerprint density at radius 3 is 2.74 bits per heavy atom. The van der Waals surface area contributed by atoms with Crippen molar-refractivity contribution < 1.29 is 0 Å². The molecule has 1 aromatic heterocycles. The summed E-state index contributed by atoms with van der Waals surface area (Å²) in [7, 11) is 2.05. The van der Waals surface area contributed by atoms with Crippen LogP contribution in [0.1, 0.15) is 23.8 Å². The summed E-state index contributed by atoms with van der Waals surface area (Å²) in [5, 5.41) is 4.21. The minimum absolute atomic E-state index is 0.518. The van der Waals surface area contributed by atoms with E-state index >= 15 is 0 Å². The van der Waals surface area contributed by atoms with Crippen LogP contribution in [0.15, 0.2) is 34.8 Å². The average molecular weight is 357 g/mol. The van der Waals surface area contributed by atoms with Gasteiger partial charge in [-0.05, 0) is 71.6 Å². The van der Waals surface area contributed by atoms with E-state index in [1.54, 1.807) is 0 Å². The molecule has 1 N–H and O–H groups in total. The lowest BCUT2D eigenvalue weighted by atomic mass is 10.1. The van der Waals surface area contributed by atoms with E-state index in [9.17, 15) is 0 Å². The molecule has 100 valence electrons. The van der Waals surface area contributed by atoms with Crippen LogP contribution >= 0.6 is 38.9 Å². The Bertz CT molecular complexity index is 592. The Labute approximate surface area is 131 Å². The Kier molecular flexibility index (Phi) is 3.99. The van der Waals surface area contributed by atoms with Gasteiger partial charge >= 0.3 is 0 Å². The van der Waals surface area contributed by atoms with Gasteiger partial charge in [-0.1, -0.05) is 17.7 Å². The van der Waals surface area contributed by atoms with Gasteiger partial charge in [-0.3, -0.25) is 0 Å². The molecule has 19 heavy (non-hydrogen) atoms. The van der Waals surface area contributed by atoms with Crippen LogP contribution in [0.5, 0.6) is 0 Å². The zero-order chi connectivity index (χ0) is 13.4. The lowest BCUT2D eigenvalue weighted by Gasteiger charge is -2.12. The van der Waals surface area contributed by atoms with E-state index < -0.39 is 0 Å². The second kappa shape index (κ2) is 5.57. The van der Waals surface area contributed by atoms with Crippen molar-refractivity contribution in [3.63, 3.8) is 0 Å². The minimum Gasteiger partial charge on any atom is -0.312 e. The first-order chi connectivity index (χ1) is 9.19. The third-order valence-corrected chi connectivity index (χ3v) is 5.99. The number of nitrogens with one attached hydrogen (secondary N) is 1. The summed E-state index contributed by atoms with van der Waals surface area (Å²) in [6, 6.07) is 11.1. The van der Waals surface area contributed by atoms with E-state index in [2.05, 4.69) is 46.5 Å². The summed E-state index contributed by atoms with van der Waals surface area (Å²) < 4.78 is 0.945.